The molecule has 5 nitrogen and oxygen atoms in total. The molecule has 0 bridgehead atoms. The molecule has 0 unspecified atom stereocenters. The fourth-order valence-corrected chi connectivity index (χ4v) is 3.33. The minimum Gasteiger partial charge on any atom is -0.320 e. The summed E-state index contributed by atoms with van der Waals surface area (Å²) in [5.41, 5.74) is 0.536. The number of alkyl halides is 3. The van der Waals surface area contributed by atoms with Crippen molar-refractivity contribution in [1.29, 1.82) is 0 Å². The number of sulfonamides is 1. The molecule has 0 aliphatic rings. The van der Waals surface area contributed by atoms with Crippen LogP contribution in [0.4, 0.5) is 24.5 Å². The van der Waals surface area contributed by atoms with Gasteiger partial charge in [0.2, 0.25) is 10.0 Å². The van der Waals surface area contributed by atoms with Crippen molar-refractivity contribution in [3.05, 3.63) is 83.9 Å². The first kappa shape index (κ1) is 21.4. The summed E-state index contributed by atoms with van der Waals surface area (Å²) in [5, 5.41) is 2.36. The highest BCUT2D eigenvalue weighted by atomic mass is 32.2. The van der Waals surface area contributed by atoms with Gasteiger partial charge in [-0.25, -0.2) is 8.42 Å². The van der Waals surface area contributed by atoms with Crippen LogP contribution in [0.25, 0.3) is 11.1 Å². The van der Waals surface area contributed by atoms with Gasteiger partial charge in [-0.15, -0.1) is 0 Å². The van der Waals surface area contributed by atoms with E-state index in [4.69, 9.17) is 0 Å². The van der Waals surface area contributed by atoms with E-state index in [0.717, 1.165) is 29.5 Å². The van der Waals surface area contributed by atoms with Crippen LogP contribution in [0.2, 0.25) is 0 Å². The van der Waals surface area contributed by atoms with Crippen LogP contribution in [0.15, 0.2) is 72.8 Å². The van der Waals surface area contributed by atoms with Crippen molar-refractivity contribution in [3.63, 3.8) is 0 Å². The first-order valence-corrected chi connectivity index (χ1v) is 10.6. The molecule has 0 radical (unpaired) electrons. The fourth-order valence-electron chi connectivity index (χ4n) is 2.75. The summed E-state index contributed by atoms with van der Waals surface area (Å²) in [5.74, 6) is -0.675. The number of carbonyl (C=O) groups is 1. The summed E-state index contributed by atoms with van der Waals surface area (Å²) in [7, 11) is -3.77. The van der Waals surface area contributed by atoms with E-state index in [9.17, 15) is 26.4 Å². The summed E-state index contributed by atoms with van der Waals surface area (Å²) < 4.78 is 64.3. The number of anilines is 2. The summed E-state index contributed by atoms with van der Waals surface area (Å²) in [6.45, 7) is 0. The van der Waals surface area contributed by atoms with E-state index in [0.29, 0.717) is 6.07 Å². The number of carbonyl (C=O) groups excluding carboxylic acids is 1. The SMILES string of the molecule is CS(=O)(=O)Nc1ccc(C(F)(F)F)cc1NC(=O)c1ccc(-c2ccccc2)cc1. The molecule has 156 valence electrons. The predicted octanol–water partition coefficient (Wildman–Crippen LogP) is 5.00. The van der Waals surface area contributed by atoms with Crippen molar-refractivity contribution < 1.29 is 26.4 Å². The monoisotopic (exact) mass is 434 g/mol. The maximum atomic E-state index is 13.1. The van der Waals surface area contributed by atoms with E-state index in [2.05, 4.69) is 10.0 Å². The lowest BCUT2D eigenvalue weighted by molar-refractivity contribution is -0.137. The minimum absolute atomic E-state index is 0.167. The summed E-state index contributed by atoms with van der Waals surface area (Å²) in [4.78, 5) is 12.6. The second-order valence-electron chi connectivity index (χ2n) is 6.53. The van der Waals surface area contributed by atoms with Crippen LogP contribution in [-0.2, 0) is 16.2 Å². The van der Waals surface area contributed by atoms with Gasteiger partial charge in [-0.05, 0) is 41.5 Å². The zero-order valence-corrected chi connectivity index (χ0v) is 16.5. The zero-order chi connectivity index (χ0) is 21.9. The van der Waals surface area contributed by atoms with Crippen LogP contribution in [0, 0.1) is 0 Å². The van der Waals surface area contributed by atoms with Crippen LogP contribution >= 0.6 is 0 Å². The lowest BCUT2D eigenvalue weighted by Gasteiger charge is -2.15. The molecule has 3 aromatic carbocycles. The van der Waals surface area contributed by atoms with Gasteiger partial charge in [0.15, 0.2) is 0 Å². The minimum atomic E-state index is -4.65. The Morgan fingerprint density at radius 2 is 1.43 bits per heavy atom. The largest absolute Gasteiger partial charge is 0.416 e. The van der Waals surface area contributed by atoms with Gasteiger partial charge in [0.1, 0.15) is 0 Å². The lowest BCUT2D eigenvalue weighted by Crippen LogP contribution is -2.17. The van der Waals surface area contributed by atoms with E-state index in [1.54, 1.807) is 12.1 Å². The number of hydrogen-bond acceptors (Lipinski definition) is 3. The van der Waals surface area contributed by atoms with E-state index >= 15 is 0 Å². The van der Waals surface area contributed by atoms with Crippen molar-refractivity contribution in [3.8, 4) is 11.1 Å². The molecule has 0 saturated carbocycles. The molecule has 0 heterocycles. The number of rotatable bonds is 5. The molecule has 30 heavy (non-hydrogen) atoms. The Kier molecular flexibility index (Phi) is 5.84. The van der Waals surface area contributed by atoms with E-state index in [1.165, 1.54) is 12.1 Å². The Bertz CT molecular complexity index is 1160. The van der Waals surface area contributed by atoms with E-state index in [-0.39, 0.29) is 16.9 Å². The van der Waals surface area contributed by atoms with E-state index < -0.39 is 27.7 Å². The van der Waals surface area contributed by atoms with Gasteiger partial charge in [0.05, 0.1) is 23.2 Å². The van der Waals surface area contributed by atoms with Crippen molar-refractivity contribution >= 4 is 27.3 Å². The molecule has 9 heteroatoms. The van der Waals surface area contributed by atoms with Crippen LogP contribution in [0.5, 0.6) is 0 Å². The maximum Gasteiger partial charge on any atom is 0.416 e. The molecule has 0 aliphatic carbocycles. The molecule has 0 fully saturated rings. The number of benzene rings is 3. The van der Waals surface area contributed by atoms with Crippen molar-refractivity contribution in [2.45, 2.75) is 6.18 Å². The Hall–Kier alpha value is -3.33. The maximum absolute atomic E-state index is 13.1. The molecule has 1 amide bonds. The first-order chi connectivity index (χ1) is 14.0. The third-order valence-electron chi connectivity index (χ3n) is 4.14. The van der Waals surface area contributed by atoms with Gasteiger partial charge in [-0.1, -0.05) is 42.5 Å². The topological polar surface area (TPSA) is 75.3 Å². The predicted molar refractivity (Wildman–Crippen MR) is 110 cm³/mol. The van der Waals surface area contributed by atoms with Gasteiger partial charge >= 0.3 is 6.18 Å². The standard InChI is InChI=1S/C21H17F3N2O3S/c1-30(28,29)26-18-12-11-17(21(22,23)24)13-19(18)25-20(27)16-9-7-15(8-10-16)14-5-3-2-4-6-14/h2-13,26H,1H3,(H,25,27). The Morgan fingerprint density at radius 1 is 0.833 bits per heavy atom. The average molecular weight is 434 g/mol. The third-order valence-corrected chi connectivity index (χ3v) is 4.74. The molecule has 0 atom stereocenters. The third kappa shape index (κ3) is 5.38. The average Bonchev–Trinajstić information content (AvgIpc) is 2.68. The second-order valence-corrected chi connectivity index (χ2v) is 8.28. The Morgan fingerprint density at radius 3 is 2.00 bits per heavy atom. The Labute approximate surface area is 171 Å². The van der Waals surface area contributed by atoms with Gasteiger partial charge < -0.3 is 5.32 Å². The van der Waals surface area contributed by atoms with Crippen LogP contribution in [0.3, 0.4) is 0 Å². The Balaban J connectivity index is 1.89. The highest BCUT2D eigenvalue weighted by molar-refractivity contribution is 7.92. The molecule has 0 aromatic heterocycles. The molecule has 0 spiro atoms. The molecule has 3 aromatic rings. The van der Waals surface area contributed by atoms with Crippen molar-refractivity contribution in [2.75, 3.05) is 16.3 Å². The highest BCUT2D eigenvalue weighted by Gasteiger charge is 2.31. The molecule has 2 N–H and O–H groups in total. The summed E-state index contributed by atoms with van der Waals surface area (Å²) in [6, 6.07) is 18.3. The summed E-state index contributed by atoms with van der Waals surface area (Å²) in [6.07, 6.45) is -3.79. The smallest absolute Gasteiger partial charge is 0.320 e. The number of halogens is 3. The van der Waals surface area contributed by atoms with E-state index in [1.807, 2.05) is 30.3 Å². The molecule has 3 rings (SSSR count). The van der Waals surface area contributed by atoms with Crippen LogP contribution in [-0.4, -0.2) is 20.6 Å². The molecule has 0 aliphatic heterocycles. The van der Waals surface area contributed by atoms with Gasteiger partial charge in [-0.3, -0.25) is 9.52 Å². The first-order valence-electron chi connectivity index (χ1n) is 8.69. The number of amides is 1. The molecule has 0 saturated heterocycles. The van der Waals surface area contributed by atoms with Crippen molar-refractivity contribution in [2.24, 2.45) is 0 Å². The fraction of sp³-hybridized carbons (Fsp3) is 0.0952. The van der Waals surface area contributed by atoms with Gasteiger partial charge in [-0.2, -0.15) is 13.2 Å². The van der Waals surface area contributed by atoms with Gasteiger partial charge in [0, 0.05) is 5.56 Å². The lowest BCUT2D eigenvalue weighted by atomic mass is 10.0. The normalized spacial score (nSPS) is 11.7. The number of nitrogens with one attached hydrogen (secondary N) is 2. The second kappa shape index (κ2) is 8.19. The molecular formula is C21H17F3N2O3S. The van der Waals surface area contributed by atoms with Gasteiger partial charge in [0.25, 0.3) is 5.91 Å². The quantitative estimate of drug-likeness (QED) is 0.594. The zero-order valence-electron chi connectivity index (χ0n) is 15.7. The summed E-state index contributed by atoms with van der Waals surface area (Å²) >= 11 is 0. The van der Waals surface area contributed by atoms with Crippen molar-refractivity contribution in [1.82, 2.24) is 0 Å². The highest BCUT2D eigenvalue weighted by Crippen LogP contribution is 2.34. The number of hydrogen-bond donors (Lipinski definition) is 2. The van der Waals surface area contributed by atoms with Crippen LogP contribution < -0.4 is 10.0 Å². The van der Waals surface area contributed by atoms with Crippen LogP contribution in [0.1, 0.15) is 15.9 Å². The molecular weight excluding hydrogens is 417 g/mol.